The molecule has 0 aromatic carbocycles. The zero-order valence-corrected chi connectivity index (χ0v) is 14.7. The number of fused-ring (bicyclic) bond motifs is 1. The number of alkyl halides is 3. The normalized spacial score (nSPS) is 23.2. The summed E-state index contributed by atoms with van der Waals surface area (Å²) in [7, 11) is 0. The lowest BCUT2D eigenvalue weighted by Gasteiger charge is -2.32. The Labute approximate surface area is 152 Å². The van der Waals surface area contributed by atoms with Gasteiger partial charge in [-0.1, -0.05) is 5.16 Å². The molecule has 2 aromatic heterocycles. The first-order valence-corrected chi connectivity index (χ1v) is 8.53. The van der Waals surface area contributed by atoms with E-state index in [1.54, 1.807) is 10.6 Å². The molecule has 2 aliphatic rings. The standard InChI is InChI=1S/C17H18F3N5O2/c1-9-7-16(2,11-5-6-22-27-11)24-14-12(21-8-25(9)14)15(26)23-13(10-3-4-10)17(18,19)20/h5-8,10,13,24H,3-4H2,1-2H3,(H,23,26). The van der Waals surface area contributed by atoms with Crippen molar-refractivity contribution in [3.05, 3.63) is 36.1 Å². The maximum absolute atomic E-state index is 13.2. The smallest absolute Gasteiger partial charge is 0.359 e. The first-order chi connectivity index (χ1) is 12.7. The van der Waals surface area contributed by atoms with Crippen molar-refractivity contribution >= 4 is 17.4 Å². The first-order valence-electron chi connectivity index (χ1n) is 8.53. The average Bonchev–Trinajstić information content (AvgIpc) is 3.08. The SMILES string of the molecule is CC1=CC(C)(c2ccno2)Nc2c(C(=O)NC(C3CC3)C(F)(F)F)ncn21. The fourth-order valence-electron chi connectivity index (χ4n) is 3.39. The molecule has 4 rings (SSSR count). The van der Waals surface area contributed by atoms with Crippen LogP contribution in [0.25, 0.3) is 5.70 Å². The van der Waals surface area contributed by atoms with Gasteiger partial charge in [0.25, 0.3) is 5.91 Å². The van der Waals surface area contributed by atoms with Gasteiger partial charge in [0.15, 0.2) is 11.5 Å². The van der Waals surface area contributed by atoms with E-state index in [0.717, 1.165) is 5.70 Å². The van der Waals surface area contributed by atoms with Crippen molar-refractivity contribution in [3.8, 4) is 0 Å². The van der Waals surface area contributed by atoms with Crippen molar-refractivity contribution in [1.29, 1.82) is 0 Å². The van der Waals surface area contributed by atoms with Gasteiger partial charge in [-0.05, 0) is 38.7 Å². The lowest BCUT2D eigenvalue weighted by atomic mass is 9.95. The highest BCUT2D eigenvalue weighted by Crippen LogP contribution is 2.41. The fraction of sp³-hybridized carbons (Fsp3) is 0.471. The molecule has 10 heteroatoms. The molecule has 2 aromatic rings. The average molecular weight is 381 g/mol. The largest absolute Gasteiger partial charge is 0.408 e. The molecule has 0 bridgehead atoms. The molecule has 1 aliphatic heterocycles. The molecular formula is C17H18F3N5O2. The van der Waals surface area contributed by atoms with E-state index in [2.05, 4.69) is 20.8 Å². The molecule has 2 atom stereocenters. The Morgan fingerprint density at radius 3 is 2.81 bits per heavy atom. The number of halogens is 3. The van der Waals surface area contributed by atoms with E-state index in [1.807, 2.05) is 19.9 Å². The van der Waals surface area contributed by atoms with E-state index in [-0.39, 0.29) is 5.69 Å². The number of hydrogen-bond acceptors (Lipinski definition) is 5. The number of hydrogen-bond donors (Lipinski definition) is 2. The van der Waals surface area contributed by atoms with Gasteiger partial charge in [-0.15, -0.1) is 0 Å². The molecule has 0 saturated heterocycles. The molecule has 1 fully saturated rings. The molecule has 1 aliphatic carbocycles. The summed E-state index contributed by atoms with van der Waals surface area (Å²) in [5.41, 5.74) is -0.155. The summed E-state index contributed by atoms with van der Waals surface area (Å²) in [6.45, 7) is 3.63. The van der Waals surface area contributed by atoms with Crippen LogP contribution in [0.3, 0.4) is 0 Å². The fourth-order valence-corrected chi connectivity index (χ4v) is 3.39. The van der Waals surface area contributed by atoms with Gasteiger partial charge in [0.05, 0.1) is 6.20 Å². The Bertz CT molecular complexity index is 898. The molecule has 2 N–H and O–H groups in total. The van der Waals surface area contributed by atoms with Gasteiger partial charge >= 0.3 is 6.18 Å². The van der Waals surface area contributed by atoms with Crippen molar-refractivity contribution in [1.82, 2.24) is 20.0 Å². The van der Waals surface area contributed by atoms with Gasteiger partial charge in [-0.3, -0.25) is 9.36 Å². The molecule has 0 radical (unpaired) electrons. The van der Waals surface area contributed by atoms with Crippen molar-refractivity contribution in [2.75, 3.05) is 5.32 Å². The Morgan fingerprint density at radius 1 is 1.48 bits per heavy atom. The molecule has 7 nitrogen and oxygen atoms in total. The van der Waals surface area contributed by atoms with Crippen LogP contribution in [0.4, 0.5) is 19.0 Å². The Balaban J connectivity index is 1.64. The number of nitrogens with one attached hydrogen (secondary N) is 2. The minimum Gasteiger partial charge on any atom is -0.359 e. The number of rotatable bonds is 4. The summed E-state index contributed by atoms with van der Waals surface area (Å²) in [5.74, 6) is -0.614. The number of aromatic nitrogens is 3. The number of allylic oxidation sites excluding steroid dienone is 1. The van der Waals surface area contributed by atoms with Crippen LogP contribution < -0.4 is 10.6 Å². The maximum Gasteiger partial charge on any atom is 0.408 e. The van der Waals surface area contributed by atoms with E-state index in [0.29, 0.717) is 24.4 Å². The van der Waals surface area contributed by atoms with Crippen LogP contribution in [0, 0.1) is 5.92 Å². The number of carbonyl (C=O) groups is 1. The zero-order valence-electron chi connectivity index (χ0n) is 14.7. The number of anilines is 1. The lowest BCUT2D eigenvalue weighted by Crippen LogP contribution is -2.47. The van der Waals surface area contributed by atoms with Gasteiger partial charge in [0.2, 0.25) is 0 Å². The predicted molar refractivity (Wildman–Crippen MR) is 89.7 cm³/mol. The van der Waals surface area contributed by atoms with Crippen LogP contribution in [0.15, 0.2) is 29.2 Å². The third-order valence-corrected chi connectivity index (χ3v) is 4.92. The highest BCUT2D eigenvalue weighted by atomic mass is 19.4. The van der Waals surface area contributed by atoms with Gasteiger partial charge in [0.1, 0.15) is 23.7 Å². The summed E-state index contributed by atoms with van der Waals surface area (Å²) < 4.78 is 46.6. The second kappa shape index (κ2) is 5.86. The maximum atomic E-state index is 13.2. The molecule has 1 saturated carbocycles. The quantitative estimate of drug-likeness (QED) is 0.850. The first kappa shape index (κ1) is 17.6. The molecule has 1 amide bonds. The predicted octanol–water partition coefficient (Wildman–Crippen LogP) is 3.14. The van der Waals surface area contributed by atoms with Crippen LogP contribution in [0.5, 0.6) is 0 Å². The molecule has 2 unspecified atom stereocenters. The van der Waals surface area contributed by atoms with Gasteiger partial charge in [-0.2, -0.15) is 13.2 Å². The van der Waals surface area contributed by atoms with Crippen LogP contribution >= 0.6 is 0 Å². The van der Waals surface area contributed by atoms with Crippen LogP contribution in [-0.2, 0) is 5.54 Å². The molecule has 3 heterocycles. The minimum absolute atomic E-state index is 0.0944. The zero-order chi connectivity index (χ0) is 19.4. The van der Waals surface area contributed by atoms with Crippen molar-refractivity contribution in [2.45, 2.75) is 44.4 Å². The summed E-state index contributed by atoms with van der Waals surface area (Å²) >= 11 is 0. The van der Waals surface area contributed by atoms with E-state index in [1.165, 1.54) is 12.5 Å². The lowest BCUT2D eigenvalue weighted by molar-refractivity contribution is -0.158. The third-order valence-electron chi connectivity index (χ3n) is 4.92. The van der Waals surface area contributed by atoms with Gasteiger partial charge in [0, 0.05) is 11.8 Å². The number of imidazole rings is 1. The summed E-state index contributed by atoms with van der Waals surface area (Å²) in [4.78, 5) is 16.6. The van der Waals surface area contributed by atoms with Crippen molar-refractivity contribution in [3.63, 3.8) is 0 Å². The Morgan fingerprint density at radius 2 is 2.22 bits per heavy atom. The van der Waals surface area contributed by atoms with E-state index in [4.69, 9.17) is 4.52 Å². The van der Waals surface area contributed by atoms with Gasteiger partial charge < -0.3 is 15.2 Å². The van der Waals surface area contributed by atoms with Crippen LogP contribution in [-0.4, -0.2) is 32.8 Å². The minimum atomic E-state index is -4.49. The van der Waals surface area contributed by atoms with Crippen LogP contribution in [0.1, 0.15) is 42.9 Å². The number of nitrogens with zero attached hydrogens (tertiary/aromatic N) is 3. The topological polar surface area (TPSA) is 85.0 Å². The van der Waals surface area contributed by atoms with Crippen molar-refractivity contribution < 1.29 is 22.5 Å². The summed E-state index contributed by atoms with van der Waals surface area (Å²) in [5, 5.41) is 8.94. The summed E-state index contributed by atoms with van der Waals surface area (Å²) in [6, 6.07) is -0.182. The van der Waals surface area contributed by atoms with Crippen molar-refractivity contribution in [2.24, 2.45) is 5.92 Å². The Hall–Kier alpha value is -2.78. The highest BCUT2D eigenvalue weighted by molar-refractivity contribution is 5.98. The second-order valence-electron chi connectivity index (χ2n) is 7.13. The van der Waals surface area contributed by atoms with Gasteiger partial charge in [-0.25, -0.2) is 4.98 Å². The molecule has 27 heavy (non-hydrogen) atoms. The molecule has 0 spiro atoms. The van der Waals surface area contributed by atoms with E-state index < -0.39 is 29.6 Å². The monoisotopic (exact) mass is 381 g/mol. The number of carbonyl (C=O) groups excluding carboxylic acids is 1. The molecule has 144 valence electrons. The number of amides is 1. The van der Waals surface area contributed by atoms with E-state index in [9.17, 15) is 18.0 Å². The highest BCUT2D eigenvalue weighted by Gasteiger charge is 2.50. The summed E-state index contributed by atoms with van der Waals surface area (Å²) in [6.07, 6.45) is 1.18. The second-order valence-corrected chi connectivity index (χ2v) is 7.13. The Kier molecular flexibility index (Phi) is 3.83. The third kappa shape index (κ3) is 3.08. The molecular weight excluding hydrogens is 363 g/mol. The van der Waals surface area contributed by atoms with Crippen LogP contribution in [0.2, 0.25) is 0 Å². The van der Waals surface area contributed by atoms with E-state index >= 15 is 0 Å².